The summed E-state index contributed by atoms with van der Waals surface area (Å²) in [5.41, 5.74) is 11.3. The molecule has 9 rings (SSSR count). The summed E-state index contributed by atoms with van der Waals surface area (Å²) in [6.07, 6.45) is 0. The van der Waals surface area contributed by atoms with E-state index in [0.717, 1.165) is 11.5 Å². The van der Waals surface area contributed by atoms with Crippen LogP contribution in [0.3, 0.4) is 0 Å². The van der Waals surface area contributed by atoms with E-state index in [1.54, 1.807) is 14.2 Å². The number of nitrogens with zero attached hydrogens (tertiary/aromatic N) is 1. The SMILES string of the molecule is COc1ccc2c(c1)C(C)(C)c1cc3cc4c(cc3cc1-2)c1cc(-c2ccccc2)cc2c3ccc(OC)cc3n4c21. The third-order valence-electron chi connectivity index (χ3n) is 9.66. The van der Waals surface area contributed by atoms with Crippen LogP contribution in [0.15, 0.2) is 103 Å². The molecule has 0 unspecified atom stereocenters. The molecule has 0 amide bonds. The van der Waals surface area contributed by atoms with Gasteiger partial charge in [-0.2, -0.15) is 0 Å². The normalized spacial score (nSPS) is 13.9. The molecule has 6 aromatic carbocycles. The average Bonchev–Trinajstić information content (AvgIpc) is 3.60. The van der Waals surface area contributed by atoms with Crippen molar-refractivity contribution in [3.63, 3.8) is 0 Å². The summed E-state index contributed by atoms with van der Waals surface area (Å²) < 4.78 is 13.7. The second-order valence-electron chi connectivity index (χ2n) is 12.2. The van der Waals surface area contributed by atoms with Crippen molar-refractivity contribution < 1.29 is 9.47 Å². The van der Waals surface area contributed by atoms with Crippen molar-refractivity contribution in [3.05, 3.63) is 114 Å². The minimum atomic E-state index is -0.110. The lowest BCUT2D eigenvalue weighted by Crippen LogP contribution is -2.15. The van der Waals surface area contributed by atoms with Gasteiger partial charge in [-0.1, -0.05) is 50.2 Å². The first-order valence-corrected chi connectivity index (χ1v) is 14.5. The van der Waals surface area contributed by atoms with Crippen molar-refractivity contribution in [2.75, 3.05) is 14.2 Å². The molecule has 1 aliphatic rings. The molecule has 3 nitrogen and oxygen atoms in total. The minimum absolute atomic E-state index is 0.110. The fourth-order valence-corrected chi connectivity index (χ4v) is 7.53. The number of methoxy groups -OCH3 is 2. The zero-order valence-electron chi connectivity index (χ0n) is 24.1. The summed E-state index contributed by atoms with van der Waals surface area (Å²) in [6.45, 7) is 4.65. The van der Waals surface area contributed by atoms with Crippen molar-refractivity contribution in [1.82, 2.24) is 4.40 Å². The number of ether oxygens (including phenoxy) is 2. The van der Waals surface area contributed by atoms with Crippen molar-refractivity contribution >= 4 is 48.9 Å². The van der Waals surface area contributed by atoms with E-state index in [-0.39, 0.29) is 5.41 Å². The Kier molecular flexibility index (Phi) is 4.53. The van der Waals surface area contributed by atoms with Gasteiger partial charge in [-0.3, -0.25) is 0 Å². The molecular formula is C39H29NO2. The molecule has 0 aliphatic heterocycles. The van der Waals surface area contributed by atoms with Gasteiger partial charge in [0, 0.05) is 33.0 Å². The lowest BCUT2D eigenvalue weighted by Gasteiger charge is -2.22. The Hall–Kier alpha value is -5.02. The van der Waals surface area contributed by atoms with E-state index in [1.807, 2.05) is 0 Å². The Labute approximate surface area is 243 Å². The number of aromatic nitrogens is 1. The van der Waals surface area contributed by atoms with Crippen molar-refractivity contribution in [1.29, 1.82) is 0 Å². The van der Waals surface area contributed by atoms with Crippen LogP contribution in [-0.4, -0.2) is 18.6 Å². The molecule has 0 saturated carbocycles. The van der Waals surface area contributed by atoms with Crippen LogP contribution >= 0.6 is 0 Å². The molecule has 8 aromatic rings. The quantitative estimate of drug-likeness (QED) is 0.221. The lowest BCUT2D eigenvalue weighted by atomic mass is 9.82. The highest BCUT2D eigenvalue weighted by Crippen LogP contribution is 2.51. The molecule has 2 aromatic heterocycles. The van der Waals surface area contributed by atoms with Crippen molar-refractivity contribution in [3.8, 4) is 33.8 Å². The van der Waals surface area contributed by atoms with Gasteiger partial charge >= 0.3 is 0 Å². The maximum atomic E-state index is 5.68. The Morgan fingerprint density at radius 2 is 1.19 bits per heavy atom. The molecule has 0 fully saturated rings. The van der Waals surface area contributed by atoms with Gasteiger partial charge in [0.15, 0.2) is 0 Å². The molecule has 0 radical (unpaired) electrons. The molecule has 202 valence electrons. The predicted octanol–water partition coefficient (Wildman–Crippen LogP) is 9.98. The molecular weight excluding hydrogens is 514 g/mol. The van der Waals surface area contributed by atoms with Crippen molar-refractivity contribution in [2.24, 2.45) is 0 Å². The summed E-state index contributed by atoms with van der Waals surface area (Å²) >= 11 is 0. The molecule has 1 aliphatic carbocycles. The maximum absolute atomic E-state index is 5.68. The van der Waals surface area contributed by atoms with Crippen LogP contribution in [0.4, 0.5) is 0 Å². The number of rotatable bonds is 3. The van der Waals surface area contributed by atoms with Crippen molar-refractivity contribution in [2.45, 2.75) is 19.3 Å². The van der Waals surface area contributed by atoms with Crippen LogP contribution in [0.25, 0.3) is 71.1 Å². The van der Waals surface area contributed by atoms with Gasteiger partial charge in [0.2, 0.25) is 0 Å². The highest BCUT2D eigenvalue weighted by atomic mass is 16.5. The number of hydrogen-bond donors (Lipinski definition) is 0. The van der Waals surface area contributed by atoms with Crippen LogP contribution in [0.5, 0.6) is 11.5 Å². The Bertz CT molecular complexity index is 2390. The summed E-state index contributed by atoms with van der Waals surface area (Å²) in [6, 6.07) is 38.0. The van der Waals surface area contributed by atoms with E-state index in [0.29, 0.717) is 0 Å². The average molecular weight is 544 g/mol. The molecule has 3 heteroatoms. The van der Waals surface area contributed by atoms with Gasteiger partial charge in [0.25, 0.3) is 0 Å². The molecule has 0 spiro atoms. The van der Waals surface area contributed by atoms with Gasteiger partial charge < -0.3 is 13.9 Å². The fraction of sp³-hybridized carbons (Fsp3) is 0.128. The molecule has 0 bridgehead atoms. The Balaban J connectivity index is 1.41. The molecule has 2 heterocycles. The van der Waals surface area contributed by atoms with Gasteiger partial charge in [0.05, 0.1) is 30.8 Å². The third kappa shape index (κ3) is 2.95. The van der Waals surface area contributed by atoms with E-state index >= 15 is 0 Å². The van der Waals surface area contributed by atoms with Crippen LogP contribution in [-0.2, 0) is 5.41 Å². The summed E-state index contributed by atoms with van der Waals surface area (Å²) in [4.78, 5) is 0. The number of hydrogen-bond acceptors (Lipinski definition) is 2. The predicted molar refractivity (Wildman–Crippen MR) is 175 cm³/mol. The maximum Gasteiger partial charge on any atom is 0.120 e. The largest absolute Gasteiger partial charge is 0.497 e. The van der Waals surface area contributed by atoms with E-state index in [4.69, 9.17) is 9.47 Å². The van der Waals surface area contributed by atoms with Crippen LogP contribution in [0.2, 0.25) is 0 Å². The second-order valence-corrected chi connectivity index (χ2v) is 12.2. The smallest absolute Gasteiger partial charge is 0.120 e. The zero-order chi connectivity index (χ0) is 28.3. The zero-order valence-corrected chi connectivity index (χ0v) is 24.1. The topological polar surface area (TPSA) is 22.9 Å². The van der Waals surface area contributed by atoms with Gasteiger partial charge in [-0.05, 0) is 105 Å². The summed E-state index contributed by atoms with van der Waals surface area (Å²) in [5, 5.41) is 7.60. The molecule has 42 heavy (non-hydrogen) atoms. The van der Waals surface area contributed by atoms with E-state index in [1.165, 1.54) is 82.2 Å². The van der Waals surface area contributed by atoms with Crippen LogP contribution < -0.4 is 9.47 Å². The van der Waals surface area contributed by atoms with E-state index in [2.05, 4.69) is 121 Å². The summed E-state index contributed by atoms with van der Waals surface area (Å²) in [5.74, 6) is 1.77. The molecule has 0 saturated heterocycles. The van der Waals surface area contributed by atoms with E-state index in [9.17, 15) is 0 Å². The molecule has 0 N–H and O–H groups in total. The first kappa shape index (κ1) is 23.7. The highest BCUT2D eigenvalue weighted by Gasteiger charge is 2.36. The van der Waals surface area contributed by atoms with E-state index < -0.39 is 0 Å². The standard InChI is InChI=1S/C39H29NO2/c1-39(2)34-18-25-19-36-31(15-24(25)14-30(34)28-12-10-26(41-3)20-35(28)39)33-17-23(22-8-6-5-7-9-22)16-32-29-13-11-27(42-4)21-37(29)40(36)38(32)33/h5-21H,1-4H3. The second kappa shape index (κ2) is 8.04. The monoisotopic (exact) mass is 543 g/mol. The van der Waals surface area contributed by atoms with Gasteiger partial charge in [0.1, 0.15) is 11.5 Å². The Morgan fingerprint density at radius 3 is 1.98 bits per heavy atom. The van der Waals surface area contributed by atoms with Gasteiger partial charge in [-0.15, -0.1) is 0 Å². The summed E-state index contributed by atoms with van der Waals surface area (Å²) in [7, 11) is 3.48. The first-order valence-electron chi connectivity index (χ1n) is 14.5. The number of benzene rings is 6. The molecule has 0 atom stereocenters. The van der Waals surface area contributed by atoms with Crippen LogP contribution in [0, 0.1) is 0 Å². The highest BCUT2D eigenvalue weighted by molar-refractivity contribution is 6.26. The van der Waals surface area contributed by atoms with Crippen LogP contribution in [0.1, 0.15) is 25.0 Å². The third-order valence-corrected chi connectivity index (χ3v) is 9.66. The van der Waals surface area contributed by atoms with Gasteiger partial charge in [-0.25, -0.2) is 0 Å². The Morgan fingerprint density at radius 1 is 0.524 bits per heavy atom. The minimum Gasteiger partial charge on any atom is -0.497 e. The fourth-order valence-electron chi connectivity index (χ4n) is 7.53. The first-order chi connectivity index (χ1) is 20.5. The number of fused-ring (bicyclic) bond motifs is 10. The lowest BCUT2D eigenvalue weighted by molar-refractivity contribution is 0.413.